The third kappa shape index (κ3) is 5.55. The molecule has 1 saturated heterocycles. The van der Waals surface area contributed by atoms with Gasteiger partial charge in [0.25, 0.3) is 5.91 Å². The molecule has 9 nitrogen and oxygen atoms in total. The van der Waals surface area contributed by atoms with E-state index >= 15 is 0 Å². The van der Waals surface area contributed by atoms with E-state index in [2.05, 4.69) is 20.4 Å². The molecular weight excluding hydrogens is 442 g/mol. The van der Waals surface area contributed by atoms with E-state index in [0.717, 1.165) is 5.56 Å². The van der Waals surface area contributed by atoms with Gasteiger partial charge in [-0.1, -0.05) is 23.7 Å². The second-order valence-electron chi connectivity index (χ2n) is 8.63. The van der Waals surface area contributed by atoms with Gasteiger partial charge in [0.05, 0.1) is 24.0 Å². The number of rotatable bonds is 6. The number of aryl methyl sites for hydroxylation is 1. The molecule has 0 saturated carbocycles. The topological polar surface area (TPSA) is 119 Å². The Hall–Kier alpha value is -3.30. The number of aromatic nitrogens is 4. The number of benzene rings is 1. The van der Waals surface area contributed by atoms with Gasteiger partial charge in [-0.3, -0.25) is 19.2 Å². The number of likely N-dealkylation sites (tertiary alicyclic amines) is 1. The number of nitrogens with zero attached hydrogens (tertiary/aromatic N) is 5. The van der Waals surface area contributed by atoms with Crippen molar-refractivity contribution >= 4 is 23.4 Å². The van der Waals surface area contributed by atoms with Crippen LogP contribution in [-0.4, -0.2) is 61.6 Å². The lowest BCUT2D eigenvalue weighted by Gasteiger charge is -2.39. The summed E-state index contributed by atoms with van der Waals surface area (Å²) in [6.45, 7) is 3.60. The highest BCUT2D eigenvalue weighted by atomic mass is 35.5. The molecule has 1 aliphatic heterocycles. The third-order valence-corrected chi connectivity index (χ3v) is 6.07. The van der Waals surface area contributed by atoms with Crippen LogP contribution in [0.15, 0.2) is 42.7 Å². The Morgan fingerprint density at radius 1 is 1.15 bits per heavy atom. The summed E-state index contributed by atoms with van der Waals surface area (Å²) in [4.78, 5) is 35.7. The van der Waals surface area contributed by atoms with Crippen LogP contribution in [-0.2, 0) is 11.8 Å². The zero-order valence-electron chi connectivity index (χ0n) is 18.6. The molecule has 10 heteroatoms. The van der Waals surface area contributed by atoms with Gasteiger partial charge in [0.15, 0.2) is 5.82 Å². The monoisotopic (exact) mass is 467 g/mol. The first-order valence-corrected chi connectivity index (χ1v) is 11.1. The molecule has 1 aromatic carbocycles. The molecule has 0 atom stereocenters. The molecule has 2 aromatic heterocycles. The van der Waals surface area contributed by atoms with Crippen LogP contribution in [0.25, 0.3) is 22.6 Å². The Balaban J connectivity index is 1.61. The molecule has 3 N–H and O–H groups in total. The lowest BCUT2D eigenvalue weighted by atomic mass is 9.89. The summed E-state index contributed by atoms with van der Waals surface area (Å²) in [6, 6.07) is 8.96. The maximum atomic E-state index is 13.3. The SMILES string of the molecule is Cn1cc(-c2nc(C(=O)NC3(C)CCN(CC(N)=O)CC3)cc(-c3ccc(Cl)cc3)n2)cn1. The number of nitrogens with one attached hydrogen (secondary N) is 1. The van der Waals surface area contributed by atoms with Crippen LogP contribution < -0.4 is 11.1 Å². The number of hydrogen-bond donors (Lipinski definition) is 2. The summed E-state index contributed by atoms with van der Waals surface area (Å²) in [5, 5.41) is 7.96. The van der Waals surface area contributed by atoms with Crippen LogP contribution >= 0.6 is 11.6 Å². The van der Waals surface area contributed by atoms with Gasteiger partial charge in [-0.2, -0.15) is 5.10 Å². The number of hydrogen-bond acceptors (Lipinski definition) is 6. The van der Waals surface area contributed by atoms with Crippen molar-refractivity contribution in [2.45, 2.75) is 25.3 Å². The van der Waals surface area contributed by atoms with Crippen molar-refractivity contribution < 1.29 is 9.59 Å². The summed E-state index contributed by atoms with van der Waals surface area (Å²) in [6.07, 6.45) is 4.88. The molecule has 0 spiro atoms. The van der Waals surface area contributed by atoms with Crippen LogP contribution in [0.3, 0.4) is 0 Å². The zero-order valence-corrected chi connectivity index (χ0v) is 19.3. The van der Waals surface area contributed by atoms with Crippen molar-refractivity contribution in [3.8, 4) is 22.6 Å². The van der Waals surface area contributed by atoms with Gasteiger partial charge < -0.3 is 11.1 Å². The van der Waals surface area contributed by atoms with Crippen molar-refractivity contribution in [1.29, 1.82) is 0 Å². The lowest BCUT2D eigenvalue weighted by Crippen LogP contribution is -2.54. The average Bonchev–Trinajstić information content (AvgIpc) is 3.22. The minimum Gasteiger partial charge on any atom is -0.369 e. The van der Waals surface area contributed by atoms with Crippen LogP contribution in [0, 0.1) is 0 Å². The largest absolute Gasteiger partial charge is 0.369 e. The summed E-state index contributed by atoms with van der Waals surface area (Å²) in [7, 11) is 1.81. The Morgan fingerprint density at radius 2 is 1.85 bits per heavy atom. The van der Waals surface area contributed by atoms with Gasteiger partial charge in [0.1, 0.15) is 5.69 Å². The highest BCUT2D eigenvalue weighted by molar-refractivity contribution is 6.30. The first-order chi connectivity index (χ1) is 15.7. The van der Waals surface area contributed by atoms with Gasteiger partial charge in [-0.25, -0.2) is 9.97 Å². The number of primary amides is 1. The molecule has 0 bridgehead atoms. The molecule has 0 aliphatic carbocycles. The van der Waals surface area contributed by atoms with E-state index in [9.17, 15) is 9.59 Å². The van der Waals surface area contributed by atoms with E-state index in [1.54, 1.807) is 35.3 Å². The lowest BCUT2D eigenvalue weighted by molar-refractivity contribution is -0.119. The fourth-order valence-corrected chi connectivity index (χ4v) is 4.01. The molecular formula is C23H26ClN7O2. The van der Waals surface area contributed by atoms with E-state index in [1.807, 2.05) is 31.0 Å². The van der Waals surface area contributed by atoms with Crippen LogP contribution in [0.4, 0.5) is 0 Å². The minimum absolute atomic E-state index is 0.231. The third-order valence-electron chi connectivity index (χ3n) is 5.82. The molecule has 3 heterocycles. The van der Waals surface area contributed by atoms with Crippen LogP contribution in [0.5, 0.6) is 0 Å². The van der Waals surface area contributed by atoms with Gasteiger partial charge >= 0.3 is 0 Å². The highest BCUT2D eigenvalue weighted by Crippen LogP contribution is 2.25. The predicted molar refractivity (Wildman–Crippen MR) is 125 cm³/mol. The Bertz CT molecular complexity index is 1170. The van der Waals surface area contributed by atoms with Crippen LogP contribution in [0.1, 0.15) is 30.3 Å². The first-order valence-electron chi connectivity index (χ1n) is 10.7. The molecule has 4 rings (SSSR count). The Kier molecular flexibility index (Phi) is 6.44. The summed E-state index contributed by atoms with van der Waals surface area (Å²) in [5.74, 6) is -0.202. The molecule has 172 valence electrons. The molecule has 0 radical (unpaired) electrons. The average molecular weight is 468 g/mol. The minimum atomic E-state index is -0.412. The van der Waals surface area contributed by atoms with Gasteiger partial charge in [0, 0.05) is 42.5 Å². The Morgan fingerprint density at radius 3 is 2.45 bits per heavy atom. The summed E-state index contributed by atoms with van der Waals surface area (Å²) >= 11 is 6.04. The molecule has 2 amide bonds. The molecule has 33 heavy (non-hydrogen) atoms. The van der Waals surface area contributed by atoms with E-state index < -0.39 is 5.54 Å². The molecule has 1 aliphatic rings. The van der Waals surface area contributed by atoms with Gasteiger partial charge in [-0.05, 0) is 38.0 Å². The standard InChI is InChI=1S/C23H26ClN7O2/c1-23(7-9-31(10-8-23)14-20(25)32)29-22(33)19-11-18(15-3-5-17(24)6-4-15)27-21(28-19)16-12-26-30(2)13-16/h3-6,11-13H,7-10,14H2,1-2H3,(H2,25,32)(H,29,33). The predicted octanol–water partition coefficient (Wildman–Crippen LogP) is 2.27. The smallest absolute Gasteiger partial charge is 0.270 e. The second kappa shape index (κ2) is 9.29. The molecule has 0 unspecified atom stereocenters. The normalized spacial score (nSPS) is 15.8. The fraction of sp³-hybridized carbons (Fsp3) is 0.348. The number of halogens is 1. The Labute approximate surface area is 197 Å². The summed E-state index contributed by atoms with van der Waals surface area (Å²) in [5.41, 5.74) is 7.32. The zero-order chi connectivity index (χ0) is 23.6. The number of piperidine rings is 1. The number of nitrogens with two attached hydrogens (primary N) is 1. The van der Waals surface area contributed by atoms with E-state index in [4.69, 9.17) is 17.3 Å². The summed E-state index contributed by atoms with van der Waals surface area (Å²) < 4.78 is 1.66. The number of amides is 2. The number of carbonyl (C=O) groups excluding carboxylic acids is 2. The van der Waals surface area contributed by atoms with Crippen LogP contribution in [0.2, 0.25) is 5.02 Å². The first kappa shape index (κ1) is 22.9. The fourth-order valence-electron chi connectivity index (χ4n) is 3.89. The van der Waals surface area contributed by atoms with Crippen molar-refractivity contribution in [2.75, 3.05) is 19.6 Å². The molecule has 3 aromatic rings. The van der Waals surface area contributed by atoms with Crippen molar-refractivity contribution in [3.63, 3.8) is 0 Å². The second-order valence-corrected chi connectivity index (χ2v) is 9.07. The molecule has 1 fully saturated rings. The highest BCUT2D eigenvalue weighted by Gasteiger charge is 2.32. The van der Waals surface area contributed by atoms with E-state index in [-0.39, 0.29) is 24.1 Å². The van der Waals surface area contributed by atoms with Crippen molar-refractivity contribution in [1.82, 2.24) is 30.0 Å². The number of carbonyl (C=O) groups is 2. The maximum Gasteiger partial charge on any atom is 0.270 e. The van der Waals surface area contributed by atoms with Crippen molar-refractivity contribution in [2.24, 2.45) is 12.8 Å². The quantitative estimate of drug-likeness (QED) is 0.574. The van der Waals surface area contributed by atoms with E-state index in [1.165, 1.54) is 0 Å². The van der Waals surface area contributed by atoms with Gasteiger partial charge in [0.2, 0.25) is 5.91 Å². The maximum absolute atomic E-state index is 13.3. The van der Waals surface area contributed by atoms with Gasteiger partial charge in [-0.15, -0.1) is 0 Å². The van der Waals surface area contributed by atoms with E-state index in [0.29, 0.717) is 48.0 Å². The van der Waals surface area contributed by atoms with Crippen molar-refractivity contribution in [3.05, 3.63) is 53.4 Å².